The number of carboxylic acid groups (broad SMARTS) is 2. The molecule has 0 radical (unpaired) electrons. The Morgan fingerprint density at radius 3 is 1.82 bits per heavy atom. The molecule has 4 atom stereocenters. The monoisotopic (exact) mass is 481 g/mol. The van der Waals surface area contributed by atoms with Crippen molar-refractivity contribution in [2.24, 2.45) is 11.5 Å². The van der Waals surface area contributed by atoms with Crippen molar-refractivity contribution in [3.05, 3.63) is 35.9 Å². The molecule has 0 aliphatic heterocycles. The molecule has 0 saturated heterocycles. The zero-order chi connectivity index (χ0) is 25.8. The predicted molar refractivity (Wildman–Crippen MR) is 115 cm³/mol. The van der Waals surface area contributed by atoms with E-state index in [0.717, 1.165) is 5.56 Å². The molecule has 0 bridgehead atoms. The van der Waals surface area contributed by atoms with Crippen molar-refractivity contribution in [1.29, 1.82) is 0 Å². The van der Waals surface area contributed by atoms with Crippen LogP contribution in [0.2, 0.25) is 0 Å². The average molecular weight is 481 g/mol. The molecule has 4 unspecified atom stereocenters. The molecule has 0 aromatic heterocycles. The molecule has 1 rings (SSSR count). The van der Waals surface area contributed by atoms with E-state index in [9.17, 15) is 33.9 Å². The Bertz CT molecular complexity index is 909. The van der Waals surface area contributed by atoms with E-state index in [-0.39, 0.29) is 6.42 Å². The van der Waals surface area contributed by atoms with Gasteiger partial charge in [0.05, 0.1) is 25.5 Å². The fourth-order valence-electron chi connectivity index (χ4n) is 2.76. The summed E-state index contributed by atoms with van der Waals surface area (Å²) in [5, 5.41) is 33.7. The van der Waals surface area contributed by atoms with Gasteiger partial charge in [0.2, 0.25) is 23.6 Å². The third kappa shape index (κ3) is 9.62. The van der Waals surface area contributed by atoms with Crippen molar-refractivity contribution < 1.29 is 44.1 Å². The van der Waals surface area contributed by atoms with Crippen LogP contribution in [0.3, 0.4) is 0 Å². The number of aliphatic carboxylic acids is 2. The minimum Gasteiger partial charge on any atom is -0.481 e. The largest absolute Gasteiger partial charge is 0.481 e. The van der Waals surface area contributed by atoms with Crippen LogP contribution in [0, 0.1) is 0 Å². The topological polar surface area (TPSA) is 251 Å². The number of nitrogens with one attached hydrogen (secondary N) is 3. The Balaban J connectivity index is 2.86. The number of carbonyl (C=O) groups is 6. The third-order valence-corrected chi connectivity index (χ3v) is 4.48. The van der Waals surface area contributed by atoms with Crippen molar-refractivity contribution in [3.63, 3.8) is 0 Å². The van der Waals surface area contributed by atoms with E-state index >= 15 is 0 Å². The van der Waals surface area contributed by atoms with Crippen molar-refractivity contribution >= 4 is 35.6 Å². The Morgan fingerprint density at radius 1 is 0.794 bits per heavy atom. The number of nitrogens with two attached hydrogens (primary N) is 2. The van der Waals surface area contributed by atoms with Crippen LogP contribution in [0.15, 0.2) is 30.3 Å². The van der Waals surface area contributed by atoms with Gasteiger partial charge < -0.3 is 42.7 Å². The van der Waals surface area contributed by atoms with Crippen LogP contribution in [0.25, 0.3) is 0 Å². The van der Waals surface area contributed by atoms with Crippen molar-refractivity contribution in [1.82, 2.24) is 16.0 Å². The van der Waals surface area contributed by atoms with Gasteiger partial charge >= 0.3 is 11.9 Å². The molecule has 0 aliphatic carbocycles. The van der Waals surface area contributed by atoms with Gasteiger partial charge in [-0.1, -0.05) is 30.3 Å². The minimum atomic E-state index is -1.72. The third-order valence-electron chi connectivity index (χ3n) is 4.48. The molecule has 10 N–H and O–H groups in total. The molecule has 0 spiro atoms. The maximum absolute atomic E-state index is 12.6. The van der Waals surface area contributed by atoms with Gasteiger partial charge in [0, 0.05) is 0 Å². The summed E-state index contributed by atoms with van der Waals surface area (Å²) in [5.74, 6) is -7.20. The van der Waals surface area contributed by atoms with Gasteiger partial charge in [0.1, 0.15) is 18.1 Å². The molecule has 4 amide bonds. The van der Waals surface area contributed by atoms with Crippen LogP contribution in [0.4, 0.5) is 0 Å². The SMILES string of the molecule is NC(=O)CC(NC(=O)C(CO)NC(=O)C(CC(=O)O)NC(=O)C(N)Cc1ccccc1)C(=O)O. The second-order valence-corrected chi connectivity index (χ2v) is 7.27. The van der Waals surface area contributed by atoms with Crippen LogP contribution in [0.5, 0.6) is 0 Å². The zero-order valence-corrected chi connectivity index (χ0v) is 18.0. The molecule has 14 nitrogen and oxygen atoms in total. The van der Waals surface area contributed by atoms with E-state index in [1.54, 1.807) is 30.3 Å². The number of rotatable bonds is 14. The molecule has 34 heavy (non-hydrogen) atoms. The van der Waals surface area contributed by atoms with Crippen LogP contribution in [-0.4, -0.2) is 81.7 Å². The van der Waals surface area contributed by atoms with E-state index in [1.807, 2.05) is 10.6 Å². The summed E-state index contributed by atoms with van der Waals surface area (Å²) < 4.78 is 0. The highest BCUT2D eigenvalue weighted by Gasteiger charge is 2.31. The van der Waals surface area contributed by atoms with Gasteiger partial charge in [0.15, 0.2) is 0 Å². The number of hydrogen-bond acceptors (Lipinski definition) is 8. The zero-order valence-electron chi connectivity index (χ0n) is 18.0. The smallest absolute Gasteiger partial charge is 0.326 e. The van der Waals surface area contributed by atoms with Gasteiger partial charge in [-0.2, -0.15) is 0 Å². The molecule has 0 saturated carbocycles. The quantitative estimate of drug-likeness (QED) is 0.130. The van der Waals surface area contributed by atoms with E-state index < -0.39 is 79.2 Å². The van der Waals surface area contributed by atoms with E-state index in [2.05, 4.69) is 5.32 Å². The van der Waals surface area contributed by atoms with E-state index in [0.29, 0.717) is 0 Å². The number of amides is 4. The van der Waals surface area contributed by atoms with E-state index in [4.69, 9.17) is 21.7 Å². The summed E-state index contributed by atoms with van der Waals surface area (Å²) >= 11 is 0. The number of carboxylic acids is 2. The lowest BCUT2D eigenvalue weighted by Crippen LogP contribution is -2.58. The fraction of sp³-hybridized carbons (Fsp3) is 0.400. The van der Waals surface area contributed by atoms with Gasteiger partial charge in [-0.25, -0.2) is 4.79 Å². The van der Waals surface area contributed by atoms with Crippen molar-refractivity contribution in [2.45, 2.75) is 43.4 Å². The fourth-order valence-corrected chi connectivity index (χ4v) is 2.76. The maximum Gasteiger partial charge on any atom is 0.326 e. The van der Waals surface area contributed by atoms with Crippen molar-refractivity contribution in [3.8, 4) is 0 Å². The molecule has 14 heteroatoms. The second kappa shape index (κ2) is 13.5. The summed E-state index contributed by atoms with van der Waals surface area (Å²) in [7, 11) is 0. The lowest BCUT2D eigenvalue weighted by atomic mass is 10.1. The molecule has 0 aliphatic rings. The number of hydrogen-bond donors (Lipinski definition) is 8. The van der Waals surface area contributed by atoms with Gasteiger partial charge in [0.25, 0.3) is 0 Å². The highest BCUT2D eigenvalue weighted by Crippen LogP contribution is 2.03. The first kappa shape index (κ1) is 28.0. The Hall–Kier alpha value is -4.04. The summed E-state index contributed by atoms with van der Waals surface area (Å²) in [4.78, 5) is 70.5. The highest BCUT2D eigenvalue weighted by atomic mass is 16.4. The molecular weight excluding hydrogens is 454 g/mol. The lowest BCUT2D eigenvalue weighted by Gasteiger charge is -2.23. The second-order valence-electron chi connectivity index (χ2n) is 7.27. The number of aliphatic hydroxyl groups is 1. The molecule has 1 aromatic rings. The van der Waals surface area contributed by atoms with Gasteiger partial charge in [-0.05, 0) is 12.0 Å². The first-order valence-corrected chi connectivity index (χ1v) is 9.99. The standard InChI is InChI=1S/C20H27N5O9/c21-11(6-10-4-2-1-3-5-10)17(30)23-12(8-16(28)29)18(31)25-14(9-26)19(32)24-13(20(33)34)7-15(22)27/h1-5,11-14,26H,6-9,21H2,(H2,22,27)(H,23,30)(H,24,32)(H,25,31)(H,28,29)(H,33,34). The molecule has 0 heterocycles. The Kier molecular flexibility index (Phi) is 11.1. The summed E-state index contributed by atoms with van der Waals surface area (Å²) in [6, 6.07) is 2.47. The predicted octanol–water partition coefficient (Wildman–Crippen LogP) is -3.56. The first-order chi connectivity index (χ1) is 15.9. The minimum absolute atomic E-state index is 0.103. The number of carbonyl (C=O) groups excluding carboxylic acids is 4. The van der Waals surface area contributed by atoms with Crippen LogP contribution >= 0.6 is 0 Å². The van der Waals surface area contributed by atoms with Crippen LogP contribution in [0.1, 0.15) is 18.4 Å². The Labute approximate surface area is 193 Å². The van der Waals surface area contributed by atoms with Crippen LogP contribution in [-0.2, 0) is 35.2 Å². The molecular formula is C20H27N5O9. The van der Waals surface area contributed by atoms with E-state index in [1.165, 1.54) is 0 Å². The molecule has 0 fully saturated rings. The Morgan fingerprint density at radius 2 is 1.32 bits per heavy atom. The molecule has 186 valence electrons. The van der Waals surface area contributed by atoms with Crippen LogP contribution < -0.4 is 27.4 Å². The van der Waals surface area contributed by atoms with Gasteiger partial charge in [-0.15, -0.1) is 0 Å². The molecule has 1 aromatic carbocycles. The number of aliphatic hydroxyl groups excluding tert-OH is 1. The summed E-state index contributed by atoms with van der Waals surface area (Å²) in [6.07, 6.45) is -1.51. The average Bonchev–Trinajstić information content (AvgIpc) is 2.76. The summed E-state index contributed by atoms with van der Waals surface area (Å²) in [6.45, 7) is -0.998. The normalized spacial score (nSPS) is 14.1. The lowest BCUT2D eigenvalue weighted by molar-refractivity contribution is -0.144. The maximum atomic E-state index is 12.6. The highest BCUT2D eigenvalue weighted by molar-refractivity contribution is 5.96. The number of primary amides is 1. The summed E-state index contributed by atoms with van der Waals surface area (Å²) in [5.41, 5.74) is 11.5. The van der Waals surface area contributed by atoms with Crippen molar-refractivity contribution in [2.75, 3.05) is 6.61 Å². The first-order valence-electron chi connectivity index (χ1n) is 9.99. The van der Waals surface area contributed by atoms with Gasteiger partial charge in [-0.3, -0.25) is 24.0 Å². The number of benzene rings is 1.